The van der Waals surface area contributed by atoms with Crippen molar-refractivity contribution >= 4 is 23.1 Å². The predicted molar refractivity (Wildman–Crippen MR) is 78.9 cm³/mol. The highest BCUT2D eigenvalue weighted by Crippen LogP contribution is 2.24. The Morgan fingerprint density at radius 3 is 3.00 bits per heavy atom. The van der Waals surface area contributed by atoms with Crippen molar-refractivity contribution in [1.82, 2.24) is 4.90 Å². The van der Waals surface area contributed by atoms with Gasteiger partial charge in [0.25, 0.3) is 0 Å². The van der Waals surface area contributed by atoms with Gasteiger partial charge in [-0.1, -0.05) is 23.7 Å². The average Bonchev–Trinajstić information content (AvgIpc) is 2.37. The lowest BCUT2D eigenvalue weighted by Gasteiger charge is -2.29. The van der Waals surface area contributed by atoms with Gasteiger partial charge in [0.1, 0.15) is 5.84 Å². The fourth-order valence-corrected chi connectivity index (χ4v) is 2.33. The lowest BCUT2D eigenvalue weighted by molar-refractivity contribution is 0.402. The second kappa shape index (κ2) is 6.05. The Morgan fingerprint density at radius 2 is 2.28 bits per heavy atom. The Kier molecular flexibility index (Phi) is 4.43. The summed E-state index contributed by atoms with van der Waals surface area (Å²) < 4.78 is 0. The van der Waals surface area contributed by atoms with Crippen LogP contribution in [-0.4, -0.2) is 23.8 Å². The summed E-state index contributed by atoms with van der Waals surface area (Å²) in [4.78, 5) is 7.03. The molecule has 0 aromatic heterocycles. The van der Waals surface area contributed by atoms with Crippen molar-refractivity contribution in [2.75, 3.05) is 13.1 Å². The predicted octanol–water partition coefficient (Wildman–Crippen LogP) is 4.35. The van der Waals surface area contributed by atoms with E-state index in [9.17, 15) is 0 Å². The van der Waals surface area contributed by atoms with Crippen LogP contribution < -0.4 is 0 Å². The van der Waals surface area contributed by atoms with E-state index in [1.165, 1.54) is 12.8 Å². The Labute approximate surface area is 114 Å². The first-order valence-corrected chi connectivity index (χ1v) is 6.78. The van der Waals surface area contributed by atoms with E-state index in [4.69, 9.17) is 16.6 Å². The maximum Gasteiger partial charge on any atom is 0.105 e. The fraction of sp³-hybridized carbons (Fsp3) is 0.400. The largest absolute Gasteiger partial charge is 0.356 e. The van der Waals surface area contributed by atoms with Crippen LogP contribution in [0.2, 0.25) is 5.02 Å². The quantitative estimate of drug-likeness (QED) is 0.740. The molecule has 1 aliphatic rings. The van der Waals surface area contributed by atoms with Gasteiger partial charge < -0.3 is 4.90 Å². The van der Waals surface area contributed by atoms with Crippen molar-refractivity contribution in [3.63, 3.8) is 0 Å². The third kappa shape index (κ3) is 3.14. The zero-order chi connectivity index (χ0) is 13.0. The fourth-order valence-electron chi connectivity index (χ4n) is 2.15. The molecule has 3 heteroatoms. The zero-order valence-electron chi connectivity index (χ0n) is 10.8. The highest BCUT2D eigenvalue weighted by atomic mass is 35.5. The highest BCUT2D eigenvalue weighted by molar-refractivity contribution is 6.31. The molecule has 0 radical (unpaired) electrons. The molecule has 1 fully saturated rings. The summed E-state index contributed by atoms with van der Waals surface area (Å²) in [5.41, 5.74) is 2.03. The average molecular weight is 263 g/mol. The van der Waals surface area contributed by atoms with Gasteiger partial charge in [0.15, 0.2) is 0 Å². The number of hydrogen-bond donors (Lipinski definition) is 0. The zero-order valence-corrected chi connectivity index (χ0v) is 11.6. The van der Waals surface area contributed by atoms with E-state index < -0.39 is 0 Å². The number of aliphatic imine (C=N–C) groups is 1. The van der Waals surface area contributed by atoms with Crippen molar-refractivity contribution in [1.29, 1.82) is 0 Å². The molecule has 0 bridgehead atoms. The summed E-state index contributed by atoms with van der Waals surface area (Å²) in [5.74, 6) is 1.15. The summed E-state index contributed by atoms with van der Waals surface area (Å²) in [5, 5.41) is 0.780. The van der Waals surface area contributed by atoms with Gasteiger partial charge in [0.2, 0.25) is 0 Å². The Hall–Kier alpha value is -1.28. The molecule has 1 saturated heterocycles. The van der Waals surface area contributed by atoms with Crippen molar-refractivity contribution in [2.24, 2.45) is 4.99 Å². The van der Waals surface area contributed by atoms with E-state index in [-0.39, 0.29) is 0 Å². The molecule has 2 rings (SSSR count). The van der Waals surface area contributed by atoms with Crippen molar-refractivity contribution < 1.29 is 0 Å². The van der Waals surface area contributed by atoms with Crippen LogP contribution in [0.15, 0.2) is 35.8 Å². The second-order valence-corrected chi connectivity index (χ2v) is 5.06. The lowest BCUT2D eigenvalue weighted by Crippen LogP contribution is -2.35. The minimum absolute atomic E-state index is 0.780. The third-order valence-corrected chi connectivity index (χ3v) is 3.61. The minimum atomic E-state index is 0.780. The summed E-state index contributed by atoms with van der Waals surface area (Å²) in [6.07, 6.45) is 5.43. The molecule has 18 heavy (non-hydrogen) atoms. The number of likely N-dealkylation sites (tertiary alicyclic amines) is 1. The van der Waals surface area contributed by atoms with E-state index in [0.29, 0.717) is 0 Å². The molecule has 0 unspecified atom stereocenters. The number of nitrogens with zero attached hydrogens (tertiary/aromatic N) is 2. The van der Waals surface area contributed by atoms with Gasteiger partial charge in [-0.05, 0) is 37.5 Å². The molecule has 0 atom stereocenters. The molecule has 0 amide bonds. The highest BCUT2D eigenvalue weighted by Gasteiger charge is 2.15. The molecular weight excluding hydrogens is 244 g/mol. The van der Waals surface area contributed by atoms with Crippen molar-refractivity contribution in [3.05, 3.63) is 41.4 Å². The van der Waals surface area contributed by atoms with Crippen LogP contribution >= 0.6 is 11.6 Å². The number of halogens is 1. The van der Waals surface area contributed by atoms with E-state index in [0.717, 1.165) is 41.6 Å². The van der Waals surface area contributed by atoms with Gasteiger partial charge in [-0.3, -0.25) is 0 Å². The SMILES string of the molecule is C=CCN1CCCCC1=Nc1ccc(C)c(Cl)c1. The number of piperidine rings is 1. The molecule has 96 valence electrons. The molecule has 1 aliphatic heterocycles. The number of hydrogen-bond acceptors (Lipinski definition) is 1. The molecular formula is C15H19ClN2. The van der Waals surface area contributed by atoms with Crippen LogP contribution in [0.4, 0.5) is 5.69 Å². The van der Waals surface area contributed by atoms with Crippen LogP contribution in [0.25, 0.3) is 0 Å². The number of benzene rings is 1. The Morgan fingerprint density at radius 1 is 1.44 bits per heavy atom. The molecule has 1 aromatic rings. The second-order valence-electron chi connectivity index (χ2n) is 4.65. The molecule has 2 nitrogen and oxygen atoms in total. The van der Waals surface area contributed by atoms with Crippen LogP contribution in [0.3, 0.4) is 0 Å². The third-order valence-electron chi connectivity index (χ3n) is 3.21. The van der Waals surface area contributed by atoms with Crippen molar-refractivity contribution in [3.8, 4) is 0 Å². The Bertz CT molecular complexity index is 466. The van der Waals surface area contributed by atoms with Gasteiger partial charge in [-0.2, -0.15) is 0 Å². The normalized spacial score (nSPS) is 18.1. The summed E-state index contributed by atoms with van der Waals surface area (Å²) in [6.45, 7) is 7.76. The molecule has 1 heterocycles. The smallest absolute Gasteiger partial charge is 0.105 e. The monoisotopic (exact) mass is 262 g/mol. The molecule has 1 aromatic carbocycles. The van der Waals surface area contributed by atoms with E-state index in [1.54, 1.807) is 0 Å². The number of rotatable bonds is 3. The molecule has 0 spiro atoms. The number of amidine groups is 1. The first-order chi connectivity index (χ1) is 8.70. The van der Waals surface area contributed by atoms with Crippen molar-refractivity contribution in [2.45, 2.75) is 26.2 Å². The van der Waals surface area contributed by atoms with Crippen LogP contribution in [-0.2, 0) is 0 Å². The molecule has 0 saturated carbocycles. The van der Waals surface area contributed by atoms with E-state index >= 15 is 0 Å². The standard InChI is InChI=1S/C15H19ClN2/c1-3-9-18-10-5-4-6-15(18)17-13-8-7-12(2)14(16)11-13/h3,7-8,11H,1,4-6,9-10H2,2H3. The van der Waals surface area contributed by atoms with Gasteiger partial charge >= 0.3 is 0 Å². The van der Waals surface area contributed by atoms with Gasteiger partial charge in [0, 0.05) is 24.5 Å². The topological polar surface area (TPSA) is 15.6 Å². The summed E-state index contributed by atoms with van der Waals surface area (Å²) >= 11 is 6.13. The first kappa shape index (κ1) is 13.2. The summed E-state index contributed by atoms with van der Waals surface area (Å²) in [7, 11) is 0. The minimum Gasteiger partial charge on any atom is -0.356 e. The Balaban J connectivity index is 2.23. The lowest BCUT2D eigenvalue weighted by atomic mass is 10.1. The molecule has 0 N–H and O–H groups in total. The first-order valence-electron chi connectivity index (χ1n) is 6.40. The number of aryl methyl sites for hydroxylation is 1. The van der Waals surface area contributed by atoms with Gasteiger partial charge in [-0.15, -0.1) is 6.58 Å². The van der Waals surface area contributed by atoms with Gasteiger partial charge in [-0.25, -0.2) is 4.99 Å². The maximum absolute atomic E-state index is 6.13. The van der Waals surface area contributed by atoms with Crippen LogP contribution in [0.1, 0.15) is 24.8 Å². The molecule has 0 aliphatic carbocycles. The van der Waals surface area contributed by atoms with E-state index in [2.05, 4.69) is 11.5 Å². The van der Waals surface area contributed by atoms with E-state index in [1.807, 2.05) is 31.2 Å². The van der Waals surface area contributed by atoms with Crippen LogP contribution in [0.5, 0.6) is 0 Å². The van der Waals surface area contributed by atoms with Gasteiger partial charge in [0.05, 0.1) is 5.69 Å². The maximum atomic E-state index is 6.13. The van der Waals surface area contributed by atoms with Crippen LogP contribution in [0, 0.1) is 6.92 Å². The summed E-state index contributed by atoms with van der Waals surface area (Å²) in [6, 6.07) is 5.97.